The zero-order chi connectivity index (χ0) is 28.8. The molecule has 0 radical (unpaired) electrons. The van der Waals surface area contributed by atoms with Gasteiger partial charge < -0.3 is 29.1 Å². The molecule has 2 fully saturated rings. The minimum absolute atomic E-state index is 0.00999. The molecule has 11 nitrogen and oxygen atoms in total. The van der Waals surface area contributed by atoms with Gasteiger partial charge in [-0.1, -0.05) is 12.6 Å². The summed E-state index contributed by atoms with van der Waals surface area (Å²) in [6, 6.07) is 4.77. The lowest BCUT2D eigenvalue weighted by Gasteiger charge is -2.44. The third-order valence-corrected chi connectivity index (χ3v) is 8.95. The van der Waals surface area contributed by atoms with Gasteiger partial charge in [0.25, 0.3) is 0 Å². The predicted octanol–water partition coefficient (Wildman–Crippen LogP) is 3.32. The van der Waals surface area contributed by atoms with Gasteiger partial charge in [-0.15, -0.1) is 0 Å². The van der Waals surface area contributed by atoms with E-state index in [1.807, 2.05) is 11.1 Å². The van der Waals surface area contributed by atoms with Crippen LogP contribution in [0.1, 0.15) is 43.9 Å². The Morgan fingerprint density at radius 1 is 1.20 bits per heavy atom. The smallest absolute Gasteiger partial charge is 0.320 e. The number of aromatic nitrogens is 4. The molecule has 1 N–H and O–H groups in total. The van der Waals surface area contributed by atoms with Gasteiger partial charge in [0.05, 0.1) is 17.8 Å². The number of carbonyl (C=O) groups is 1. The van der Waals surface area contributed by atoms with Gasteiger partial charge >= 0.3 is 6.01 Å². The highest BCUT2D eigenvalue weighted by atomic mass is 16.5. The van der Waals surface area contributed by atoms with Crippen LogP contribution in [0.2, 0.25) is 0 Å². The van der Waals surface area contributed by atoms with E-state index < -0.39 is 0 Å². The molecule has 41 heavy (non-hydrogen) atoms. The lowest BCUT2D eigenvalue weighted by molar-refractivity contribution is -0.128. The van der Waals surface area contributed by atoms with E-state index in [0.29, 0.717) is 55.7 Å². The Hall–Kier alpha value is -3.86. The second-order valence-electron chi connectivity index (χ2n) is 11.6. The number of nitrogens with one attached hydrogen (secondary N) is 1. The van der Waals surface area contributed by atoms with Crippen molar-refractivity contribution in [2.75, 3.05) is 56.7 Å². The molecule has 218 valence electrons. The van der Waals surface area contributed by atoms with Gasteiger partial charge in [0, 0.05) is 44.2 Å². The monoisotopic (exact) mass is 560 g/mol. The van der Waals surface area contributed by atoms with Gasteiger partial charge in [-0.2, -0.15) is 15.1 Å². The Balaban J connectivity index is 1.39. The van der Waals surface area contributed by atoms with Crippen molar-refractivity contribution in [2.45, 2.75) is 57.8 Å². The first-order valence-corrected chi connectivity index (χ1v) is 14.5. The molecule has 0 spiro atoms. The molecular formula is C30H40N8O3. The van der Waals surface area contributed by atoms with Crippen molar-refractivity contribution in [3.63, 3.8) is 0 Å². The summed E-state index contributed by atoms with van der Waals surface area (Å²) in [4.78, 5) is 30.8. The SMILES string of the molecule is C=CC(=O)N1CCN(c2nc(OC[C@@H]3CCCN3C)nc3c2O[C@@H](C)C(c2c(C)ccc4[nH]ncc24)N3C)C[C@H]1C. The van der Waals surface area contributed by atoms with Gasteiger partial charge in [-0.25, -0.2) is 0 Å². The molecule has 0 aliphatic carbocycles. The first-order chi connectivity index (χ1) is 19.8. The third-order valence-electron chi connectivity index (χ3n) is 8.95. The molecule has 3 aliphatic rings. The number of ether oxygens (including phenoxy) is 2. The number of nitrogens with zero attached hydrogens (tertiary/aromatic N) is 7. The van der Waals surface area contributed by atoms with Crippen molar-refractivity contribution in [3.05, 3.63) is 42.1 Å². The summed E-state index contributed by atoms with van der Waals surface area (Å²) in [6.07, 6.45) is 5.35. The van der Waals surface area contributed by atoms with Crippen molar-refractivity contribution in [2.24, 2.45) is 0 Å². The van der Waals surface area contributed by atoms with Crippen LogP contribution >= 0.6 is 0 Å². The number of rotatable bonds is 6. The second kappa shape index (κ2) is 10.8. The largest absolute Gasteiger partial charge is 0.481 e. The summed E-state index contributed by atoms with van der Waals surface area (Å²) in [7, 11) is 4.20. The summed E-state index contributed by atoms with van der Waals surface area (Å²) in [5, 5.41) is 8.49. The summed E-state index contributed by atoms with van der Waals surface area (Å²) in [5.74, 6) is 2.00. The lowest BCUT2D eigenvalue weighted by atomic mass is 9.92. The molecule has 2 saturated heterocycles. The second-order valence-corrected chi connectivity index (χ2v) is 11.6. The van der Waals surface area contributed by atoms with E-state index in [1.54, 1.807) is 0 Å². The minimum atomic E-state index is -0.186. The lowest BCUT2D eigenvalue weighted by Crippen LogP contribution is -2.54. The maximum absolute atomic E-state index is 12.4. The fourth-order valence-corrected chi connectivity index (χ4v) is 6.65. The van der Waals surface area contributed by atoms with E-state index in [4.69, 9.17) is 19.4 Å². The van der Waals surface area contributed by atoms with Gasteiger partial charge in [0.2, 0.25) is 11.7 Å². The Morgan fingerprint density at radius 3 is 2.73 bits per heavy atom. The van der Waals surface area contributed by atoms with Crippen molar-refractivity contribution in [1.82, 2.24) is 30.0 Å². The molecule has 2 aromatic heterocycles. The molecule has 1 aromatic carbocycles. The maximum Gasteiger partial charge on any atom is 0.320 e. The summed E-state index contributed by atoms with van der Waals surface area (Å²) >= 11 is 0. The maximum atomic E-state index is 12.4. The highest BCUT2D eigenvalue weighted by molar-refractivity contribution is 5.87. The van der Waals surface area contributed by atoms with Crippen molar-refractivity contribution >= 4 is 28.4 Å². The van der Waals surface area contributed by atoms with Crippen LogP contribution in [-0.4, -0.2) is 101 Å². The van der Waals surface area contributed by atoms with Crippen LogP contribution in [0.25, 0.3) is 10.9 Å². The fourth-order valence-electron chi connectivity index (χ4n) is 6.65. The average molecular weight is 561 g/mol. The number of likely N-dealkylation sites (N-methyl/N-ethyl adjacent to an activating group) is 2. The minimum Gasteiger partial charge on any atom is -0.481 e. The zero-order valence-corrected chi connectivity index (χ0v) is 24.6. The molecule has 1 amide bonds. The number of piperazine rings is 1. The van der Waals surface area contributed by atoms with Gasteiger partial charge in [-0.05, 0) is 70.5 Å². The number of H-pyrrole nitrogens is 1. The fraction of sp³-hybridized carbons (Fsp3) is 0.533. The zero-order valence-electron chi connectivity index (χ0n) is 24.6. The molecule has 6 rings (SSSR count). The quantitative estimate of drug-likeness (QED) is 0.455. The average Bonchev–Trinajstić information content (AvgIpc) is 3.61. The molecule has 11 heteroatoms. The van der Waals surface area contributed by atoms with Crippen LogP contribution in [0.4, 0.5) is 11.6 Å². The number of amides is 1. The molecule has 5 heterocycles. The molecule has 0 saturated carbocycles. The Morgan fingerprint density at radius 2 is 2.00 bits per heavy atom. The highest BCUT2D eigenvalue weighted by Gasteiger charge is 2.40. The summed E-state index contributed by atoms with van der Waals surface area (Å²) in [5.41, 5.74) is 3.32. The van der Waals surface area contributed by atoms with Crippen molar-refractivity contribution in [1.29, 1.82) is 0 Å². The van der Waals surface area contributed by atoms with Gasteiger partial charge in [0.1, 0.15) is 12.7 Å². The number of anilines is 2. The molecule has 1 unspecified atom stereocenters. The van der Waals surface area contributed by atoms with Crippen LogP contribution in [0.3, 0.4) is 0 Å². The highest BCUT2D eigenvalue weighted by Crippen LogP contribution is 2.47. The van der Waals surface area contributed by atoms with E-state index in [0.717, 1.165) is 29.4 Å². The third kappa shape index (κ3) is 4.86. The van der Waals surface area contributed by atoms with E-state index in [1.165, 1.54) is 18.1 Å². The first kappa shape index (κ1) is 27.3. The number of carbonyl (C=O) groups excluding carboxylic acids is 1. The standard InChI is InChI=1S/C30H40N8O3/c1-7-24(39)38-14-13-37(16-19(38)3)29-27-28(32-30(33-29)40-17-21-9-8-12-35(21)5)36(6)26(20(4)41-27)25-18(2)10-11-23-22(25)15-31-34-23/h7,10-11,15,19-21,26H,1,8-9,12-14,16-17H2,2-6H3,(H,31,34)/t19-,20+,21+,26?/m1/s1. The van der Waals surface area contributed by atoms with E-state index in [-0.39, 0.29) is 24.1 Å². The number of benzene rings is 1. The van der Waals surface area contributed by atoms with Crippen LogP contribution in [0.15, 0.2) is 31.0 Å². The van der Waals surface area contributed by atoms with E-state index >= 15 is 0 Å². The van der Waals surface area contributed by atoms with Crippen LogP contribution < -0.4 is 19.3 Å². The van der Waals surface area contributed by atoms with E-state index in [9.17, 15) is 4.79 Å². The van der Waals surface area contributed by atoms with Gasteiger partial charge in [0.15, 0.2) is 11.6 Å². The molecule has 3 aliphatic heterocycles. The van der Waals surface area contributed by atoms with Crippen molar-refractivity contribution in [3.8, 4) is 11.8 Å². The topological polar surface area (TPSA) is 103 Å². The Kier molecular flexibility index (Phi) is 7.23. The number of aromatic amines is 1. The Bertz CT molecular complexity index is 1460. The number of hydrogen-bond donors (Lipinski definition) is 1. The van der Waals surface area contributed by atoms with Crippen LogP contribution in [0.5, 0.6) is 11.8 Å². The molecule has 3 aromatic rings. The van der Waals surface area contributed by atoms with E-state index in [2.05, 4.69) is 78.5 Å². The summed E-state index contributed by atoms with van der Waals surface area (Å²) < 4.78 is 13.0. The van der Waals surface area contributed by atoms with Crippen LogP contribution in [0, 0.1) is 6.92 Å². The number of aryl methyl sites for hydroxylation is 1. The van der Waals surface area contributed by atoms with Crippen molar-refractivity contribution < 1.29 is 14.3 Å². The van der Waals surface area contributed by atoms with Gasteiger partial charge in [-0.3, -0.25) is 9.89 Å². The summed E-state index contributed by atoms with van der Waals surface area (Å²) in [6.45, 7) is 13.4. The molecule has 0 bridgehead atoms. The number of hydrogen-bond acceptors (Lipinski definition) is 9. The first-order valence-electron chi connectivity index (χ1n) is 14.5. The number of fused-ring (bicyclic) bond motifs is 2. The molecule has 4 atom stereocenters. The molecular weight excluding hydrogens is 520 g/mol. The predicted molar refractivity (Wildman–Crippen MR) is 159 cm³/mol. The number of likely N-dealkylation sites (tertiary alicyclic amines) is 1. The Labute approximate surface area is 241 Å². The van der Waals surface area contributed by atoms with Crippen LogP contribution in [-0.2, 0) is 4.79 Å². The normalized spacial score (nSPS) is 24.9.